The Labute approximate surface area is 98.6 Å². The van der Waals surface area contributed by atoms with Crippen LogP contribution in [0.1, 0.15) is 33.6 Å². The lowest BCUT2D eigenvalue weighted by Crippen LogP contribution is -2.40. The molecule has 1 N–H and O–H groups in total. The van der Waals surface area contributed by atoms with Crippen LogP contribution in [0, 0.1) is 17.3 Å². The van der Waals surface area contributed by atoms with Crippen LogP contribution in [0.25, 0.3) is 0 Å². The van der Waals surface area contributed by atoms with Gasteiger partial charge in [0, 0.05) is 18.5 Å². The monoisotopic (exact) mass is 224 g/mol. The van der Waals surface area contributed by atoms with Gasteiger partial charge in [0.05, 0.1) is 0 Å². The molecule has 2 aliphatic heterocycles. The number of rotatable bonds is 0. The SMILES string of the molecule is CC(C)(C)C(=O)N1CC[C@@H]2CNC[C@@H]2CC1. The fraction of sp³-hybridized carbons (Fsp3) is 0.923. The molecule has 0 saturated carbocycles. The van der Waals surface area contributed by atoms with Crippen molar-refractivity contribution < 1.29 is 4.79 Å². The number of hydrogen-bond donors (Lipinski definition) is 1. The number of nitrogens with one attached hydrogen (secondary N) is 1. The second kappa shape index (κ2) is 4.36. The van der Waals surface area contributed by atoms with Crippen LogP contribution in [0.3, 0.4) is 0 Å². The zero-order valence-electron chi connectivity index (χ0n) is 10.8. The van der Waals surface area contributed by atoms with Crippen molar-refractivity contribution >= 4 is 5.91 Å². The number of amides is 1. The molecule has 2 fully saturated rings. The molecule has 2 heterocycles. The summed E-state index contributed by atoms with van der Waals surface area (Å²) in [6.07, 6.45) is 2.36. The average molecular weight is 224 g/mol. The molecule has 1 amide bonds. The van der Waals surface area contributed by atoms with Crippen LogP contribution in [0.4, 0.5) is 0 Å². The van der Waals surface area contributed by atoms with Crippen molar-refractivity contribution in [3.05, 3.63) is 0 Å². The first-order valence-electron chi connectivity index (χ1n) is 6.48. The van der Waals surface area contributed by atoms with E-state index in [9.17, 15) is 4.79 Å². The van der Waals surface area contributed by atoms with Gasteiger partial charge in [-0.15, -0.1) is 0 Å². The molecule has 92 valence electrons. The Morgan fingerprint density at radius 3 is 2.06 bits per heavy atom. The molecule has 0 unspecified atom stereocenters. The summed E-state index contributed by atoms with van der Waals surface area (Å²) in [5.74, 6) is 1.93. The Hall–Kier alpha value is -0.570. The van der Waals surface area contributed by atoms with E-state index in [2.05, 4.69) is 10.2 Å². The van der Waals surface area contributed by atoms with Crippen molar-refractivity contribution in [3.63, 3.8) is 0 Å². The third-order valence-corrected chi connectivity index (χ3v) is 3.95. The van der Waals surface area contributed by atoms with E-state index in [1.807, 2.05) is 20.8 Å². The van der Waals surface area contributed by atoms with Gasteiger partial charge in [0.2, 0.25) is 5.91 Å². The summed E-state index contributed by atoms with van der Waals surface area (Å²) in [6, 6.07) is 0. The number of carbonyl (C=O) groups is 1. The van der Waals surface area contributed by atoms with Gasteiger partial charge in [0.25, 0.3) is 0 Å². The largest absolute Gasteiger partial charge is 0.342 e. The van der Waals surface area contributed by atoms with Gasteiger partial charge in [-0.3, -0.25) is 4.79 Å². The molecule has 2 saturated heterocycles. The number of nitrogens with zero attached hydrogens (tertiary/aromatic N) is 1. The van der Waals surface area contributed by atoms with Crippen LogP contribution in [0.15, 0.2) is 0 Å². The Balaban J connectivity index is 1.97. The van der Waals surface area contributed by atoms with Crippen molar-refractivity contribution in [2.75, 3.05) is 26.2 Å². The van der Waals surface area contributed by atoms with Gasteiger partial charge in [-0.05, 0) is 37.8 Å². The molecule has 2 rings (SSSR count). The molecular formula is C13H24N2O. The molecule has 0 aromatic carbocycles. The highest BCUT2D eigenvalue weighted by molar-refractivity contribution is 5.81. The van der Waals surface area contributed by atoms with Crippen molar-refractivity contribution in [3.8, 4) is 0 Å². The van der Waals surface area contributed by atoms with Gasteiger partial charge in [-0.25, -0.2) is 0 Å². The van der Waals surface area contributed by atoms with Gasteiger partial charge >= 0.3 is 0 Å². The summed E-state index contributed by atoms with van der Waals surface area (Å²) in [6.45, 7) is 10.3. The third-order valence-electron chi connectivity index (χ3n) is 3.95. The first-order valence-corrected chi connectivity index (χ1v) is 6.48. The van der Waals surface area contributed by atoms with Crippen LogP contribution in [0.2, 0.25) is 0 Å². The second-order valence-electron chi connectivity index (χ2n) is 6.30. The summed E-state index contributed by atoms with van der Waals surface area (Å²) < 4.78 is 0. The van der Waals surface area contributed by atoms with Gasteiger partial charge in [-0.1, -0.05) is 20.8 Å². The Bertz CT molecular complexity index is 256. The topological polar surface area (TPSA) is 32.3 Å². The van der Waals surface area contributed by atoms with Gasteiger partial charge in [-0.2, -0.15) is 0 Å². The molecule has 0 spiro atoms. The zero-order chi connectivity index (χ0) is 11.8. The maximum absolute atomic E-state index is 12.2. The van der Waals surface area contributed by atoms with Gasteiger partial charge in [0.1, 0.15) is 0 Å². The highest BCUT2D eigenvalue weighted by atomic mass is 16.2. The minimum absolute atomic E-state index is 0.225. The number of fused-ring (bicyclic) bond motifs is 1. The molecule has 0 radical (unpaired) electrons. The summed E-state index contributed by atoms with van der Waals surface area (Å²) in [5, 5.41) is 3.46. The van der Waals surface area contributed by atoms with E-state index in [0.29, 0.717) is 5.91 Å². The molecule has 0 aromatic rings. The van der Waals surface area contributed by atoms with Crippen LogP contribution < -0.4 is 5.32 Å². The van der Waals surface area contributed by atoms with Crippen LogP contribution >= 0.6 is 0 Å². The lowest BCUT2D eigenvalue weighted by molar-refractivity contribution is -0.139. The minimum Gasteiger partial charge on any atom is -0.342 e. The average Bonchev–Trinajstić information content (AvgIpc) is 2.55. The molecule has 3 nitrogen and oxygen atoms in total. The first kappa shape index (κ1) is 11.9. The fourth-order valence-corrected chi connectivity index (χ4v) is 2.90. The second-order valence-corrected chi connectivity index (χ2v) is 6.30. The van der Waals surface area contributed by atoms with E-state index < -0.39 is 0 Å². The van der Waals surface area contributed by atoms with Crippen LogP contribution in [-0.2, 0) is 4.79 Å². The predicted molar refractivity (Wildman–Crippen MR) is 65.1 cm³/mol. The van der Waals surface area contributed by atoms with Crippen molar-refractivity contribution in [2.24, 2.45) is 17.3 Å². The molecule has 3 heteroatoms. The van der Waals surface area contributed by atoms with Crippen molar-refractivity contribution in [1.82, 2.24) is 10.2 Å². The van der Waals surface area contributed by atoms with Gasteiger partial charge in [0.15, 0.2) is 0 Å². The first-order chi connectivity index (χ1) is 7.48. The van der Waals surface area contributed by atoms with Crippen molar-refractivity contribution in [2.45, 2.75) is 33.6 Å². The van der Waals surface area contributed by atoms with E-state index in [-0.39, 0.29) is 5.41 Å². The normalized spacial score (nSPS) is 31.1. The van der Waals surface area contributed by atoms with E-state index in [1.54, 1.807) is 0 Å². The number of likely N-dealkylation sites (tertiary alicyclic amines) is 1. The summed E-state index contributed by atoms with van der Waals surface area (Å²) >= 11 is 0. The van der Waals surface area contributed by atoms with E-state index in [1.165, 1.54) is 12.8 Å². The lowest BCUT2D eigenvalue weighted by Gasteiger charge is -2.28. The summed E-state index contributed by atoms with van der Waals surface area (Å²) in [4.78, 5) is 14.3. The molecule has 0 aromatic heterocycles. The standard InChI is InChI=1S/C13H24N2O/c1-13(2,3)12(16)15-6-4-10-8-14-9-11(10)5-7-15/h10-11,14H,4-9H2,1-3H3/t10-,11+. The molecule has 0 bridgehead atoms. The Morgan fingerprint density at radius 2 is 1.62 bits per heavy atom. The zero-order valence-corrected chi connectivity index (χ0v) is 10.8. The lowest BCUT2D eigenvalue weighted by atomic mass is 9.92. The van der Waals surface area contributed by atoms with E-state index in [0.717, 1.165) is 38.0 Å². The van der Waals surface area contributed by atoms with Gasteiger partial charge < -0.3 is 10.2 Å². The smallest absolute Gasteiger partial charge is 0.227 e. The maximum atomic E-state index is 12.2. The summed E-state index contributed by atoms with van der Waals surface area (Å²) in [7, 11) is 0. The quantitative estimate of drug-likeness (QED) is 0.676. The van der Waals surface area contributed by atoms with Crippen LogP contribution in [0.5, 0.6) is 0 Å². The van der Waals surface area contributed by atoms with Crippen LogP contribution in [-0.4, -0.2) is 37.0 Å². The molecule has 16 heavy (non-hydrogen) atoms. The molecular weight excluding hydrogens is 200 g/mol. The fourth-order valence-electron chi connectivity index (χ4n) is 2.90. The number of carbonyl (C=O) groups excluding carboxylic acids is 1. The molecule has 2 aliphatic rings. The van der Waals surface area contributed by atoms with Crippen molar-refractivity contribution in [1.29, 1.82) is 0 Å². The highest BCUT2D eigenvalue weighted by Crippen LogP contribution is 2.29. The predicted octanol–water partition coefficient (Wildman–Crippen LogP) is 1.49. The maximum Gasteiger partial charge on any atom is 0.227 e. The summed E-state index contributed by atoms with van der Waals surface area (Å²) in [5.41, 5.74) is -0.225. The molecule has 2 atom stereocenters. The Kier molecular flexibility index (Phi) is 3.24. The van der Waals surface area contributed by atoms with E-state index in [4.69, 9.17) is 0 Å². The molecule has 0 aliphatic carbocycles. The highest BCUT2D eigenvalue weighted by Gasteiger charge is 2.34. The third kappa shape index (κ3) is 2.40. The van der Waals surface area contributed by atoms with E-state index >= 15 is 0 Å². The number of hydrogen-bond acceptors (Lipinski definition) is 2. The minimum atomic E-state index is -0.225. The Morgan fingerprint density at radius 1 is 1.12 bits per heavy atom.